The van der Waals surface area contributed by atoms with E-state index in [0.717, 1.165) is 49.2 Å². The fraction of sp³-hybridized carbons (Fsp3) is 0.240. The molecule has 5 rings (SSSR count). The van der Waals surface area contributed by atoms with Gasteiger partial charge in [0.2, 0.25) is 0 Å². The molecule has 0 atom stereocenters. The van der Waals surface area contributed by atoms with Crippen molar-refractivity contribution in [2.75, 3.05) is 13.1 Å². The highest BCUT2D eigenvalue weighted by Crippen LogP contribution is 2.40. The zero-order valence-corrected chi connectivity index (χ0v) is 17.9. The Morgan fingerprint density at radius 2 is 1.83 bits per heavy atom. The monoisotopic (exact) mass is 420 g/mol. The minimum Gasteiger partial charge on any atom is -0.299 e. The van der Waals surface area contributed by atoms with Gasteiger partial charge in [-0.15, -0.1) is 0 Å². The van der Waals surface area contributed by atoms with Crippen molar-refractivity contribution in [3.8, 4) is 11.3 Å². The van der Waals surface area contributed by atoms with Gasteiger partial charge < -0.3 is 0 Å². The number of benzene rings is 3. The zero-order valence-electron chi connectivity index (χ0n) is 16.4. The number of hydrogen-bond acceptors (Lipinski definition) is 2. The summed E-state index contributed by atoms with van der Waals surface area (Å²) in [6.45, 7) is 5.30. The average Bonchev–Trinajstić information content (AvgIpc) is 2.75. The van der Waals surface area contributed by atoms with Gasteiger partial charge in [-0.2, -0.15) is 0 Å². The number of rotatable bonds is 3. The fourth-order valence-corrected chi connectivity index (χ4v) is 4.98. The Balaban J connectivity index is 1.85. The molecule has 2 heterocycles. The summed E-state index contributed by atoms with van der Waals surface area (Å²) in [7, 11) is 0. The molecule has 146 valence electrons. The molecule has 0 aliphatic carbocycles. The Morgan fingerprint density at radius 3 is 2.69 bits per heavy atom. The molecule has 0 N–H and O–H groups in total. The minimum absolute atomic E-state index is 0.569. The fourth-order valence-electron chi connectivity index (χ4n) is 4.59. The number of aromatic nitrogens is 1. The van der Waals surface area contributed by atoms with Gasteiger partial charge in [-0.3, -0.25) is 4.90 Å². The molecule has 0 saturated heterocycles. The third kappa shape index (κ3) is 3.20. The van der Waals surface area contributed by atoms with Crippen molar-refractivity contribution in [2.45, 2.75) is 26.3 Å². The van der Waals surface area contributed by atoms with E-state index in [1.54, 1.807) is 0 Å². The van der Waals surface area contributed by atoms with Crippen LogP contribution in [0.15, 0.2) is 54.6 Å². The minimum atomic E-state index is 0.569. The molecule has 1 aliphatic heterocycles. The molecule has 0 unspecified atom stereocenters. The predicted octanol–water partition coefficient (Wildman–Crippen LogP) is 7.13. The van der Waals surface area contributed by atoms with E-state index >= 15 is 0 Å². The van der Waals surface area contributed by atoms with Gasteiger partial charge in [0.1, 0.15) is 0 Å². The van der Waals surface area contributed by atoms with Crippen molar-refractivity contribution in [1.29, 1.82) is 0 Å². The second-order valence-electron chi connectivity index (χ2n) is 7.73. The van der Waals surface area contributed by atoms with Crippen LogP contribution in [0.25, 0.3) is 32.9 Å². The van der Waals surface area contributed by atoms with Gasteiger partial charge in [-0.1, -0.05) is 72.6 Å². The molecule has 0 fully saturated rings. The van der Waals surface area contributed by atoms with Crippen LogP contribution in [0.3, 0.4) is 0 Å². The van der Waals surface area contributed by atoms with Gasteiger partial charge in [0.15, 0.2) is 0 Å². The summed E-state index contributed by atoms with van der Waals surface area (Å²) in [6, 6.07) is 18.7. The van der Waals surface area contributed by atoms with Crippen molar-refractivity contribution in [3.63, 3.8) is 0 Å². The van der Waals surface area contributed by atoms with Gasteiger partial charge in [-0.25, -0.2) is 4.98 Å². The quantitative estimate of drug-likeness (QED) is 0.327. The molecule has 0 radical (unpaired) electrons. The van der Waals surface area contributed by atoms with Gasteiger partial charge in [0, 0.05) is 24.0 Å². The van der Waals surface area contributed by atoms with Crippen molar-refractivity contribution in [1.82, 2.24) is 9.88 Å². The summed E-state index contributed by atoms with van der Waals surface area (Å²) >= 11 is 13.0. The highest BCUT2D eigenvalue weighted by Gasteiger charge is 2.25. The molecule has 1 aromatic heterocycles. The van der Waals surface area contributed by atoms with E-state index in [4.69, 9.17) is 28.2 Å². The molecular formula is C25H22Cl2N2. The number of hydrogen-bond donors (Lipinski definition) is 0. The SMILES string of the molecule is CCCN1CCc2c(c(-c3cccc(Cl)c3Cl)nc3ccc4ccccc4c23)C1. The van der Waals surface area contributed by atoms with Crippen LogP contribution in [0.4, 0.5) is 0 Å². The first-order valence-corrected chi connectivity index (χ1v) is 10.9. The normalized spacial score (nSPS) is 14.4. The van der Waals surface area contributed by atoms with Crippen LogP contribution in [0, 0.1) is 0 Å². The highest BCUT2D eigenvalue weighted by atomic mass is 35.5. The number of nitrogens with zero attached hydrogens (tertiary/aromatic N) is 2. The van der Waals surface area contributed by atoms with Gasteiger partial charge in [0.25, 0.3) is 0 Å². The van der Waals surface area contributed by atoms with Crippen molar-refractivity contribution in [3.05, 3.63) is 75.8 Å². The Hall–Kier alpha value is -2.13. The lowest BCUT2D eigenvalue weighted by Crippen LogP contribution is -2.32. The molecular weight excluding hydrogens is 399 g/mol. The lowest BCUT2D eigenvalue weighted by molar-refractivity contribution is 0.255. The number of halogens is 2. The smallest absolute Gasteiger partial charge is 0.0773 e. The third-order valence-corrected chi connectivity index (χ3v) is 6.72. The van der Waals surface area contributed by atoms with E-state index in [-0.39, 0.29) is 0 Å². The molecule has 0 saturated carbocycles. The standard InChI is InChI=1S/C25H22Cl2N2/c1-2-13-29-14-12-18-20(15-29)25(19-8-5-9-21(26)24(19)27)28-22-11-10-16-6-3-4-7-17(16)23(18)22/h3-11H,2,12-15H2,1H3. The maximum absolute atomic E-state index is 6.63. The molecule has 2 nitrogen and oxygen atoms in total. The molecule has 3 aromatic carbocycles. The van der Waals surface area contributed by atoms with E-state index < -0.39 is 0 Å². The first-order chi connectivity index (χ1) is 14.2. The molecule has 29 heavy (non-hydrogen) atoms. The van der Waals surface area contributed by atoms with E-state index in [0.29, 0.717) is 10.0 Å². The molecule has 4 heteroatoms. The van der Waals surface area contributed by atoms with Crippen LogP contribution in [0.5, 0.6) is 0 Å². The number of fused-ring (bicyclic) bond motifs is 5. The number of pyridine rings is 1. The lowest BCUT2D eigenvalue weighted by atomic mass is 9.89. The summed E-state index contributed by atoms with van der Waals surface area (Å²) in [5.74, 6) is 0. The van der Waals surface area contributed by atoms with Crippen molar-refractivity contribution >= 4 is 44.9 Å². The summed E-state index contributed by atoms with van der Waals surface area (Å²) < 4.78 is 0. The first-order valence-electron chi connectivity index (χ1n) is 10.2. The molecule has 1 aliphatic rings. The maximum Gasteiger partial charge on any atom is 0.0773 e. The second kappa shape index (κ2) is 7.60. The molecule has 0 bridgehead atoms. The maximum atomic E-state index is 6.63. The van der Waals surface area contributed by atoms with Crippen LogP contribution in [0.2, 0.25) is 10.0 Å². The lowest BCUT2D eigenvalue weighted by Gasteiger charge is -2.31. The van der Waals surface area contributed by atoms with Crippen LogP contribution < -0.4 is 0 Å². The van der Waals surface area contributed by atoms with Crippen LogP contribution in [-0.4, -0.2) is 23.0 Å². The Bertz CT molecular complexity index is 1230. The van der Waals surface area contributed by atoms with Crippen LogP contribution in [-0.2, 0) is 13.0 Å². The Kier molecular flexibility index (Phi) is 4.95. The van der Waals surface area contributed by atoms with Gasteiger partial charge in [-0.05, 0) is 53.4 Å². The second-order valence-corrected chi connectivity index (χ2v) is 8.51. The van der Waals surface area contributed by atoms with Crippen molar-refractivity contribution < 1.29 is 0 Å². The van der Waals surface area contributed by atoms with Crippen molar-refractivity contribution in [2.24, 2.45) is 0 Å². The van der Waals surface area contributed by atoms with E-state index in [2.05, 4.69) is 48.2 Å². The first kappa shape index (κ1) is 18.9. The molecule has 4 aromatic rings. The highest BCUT2D eigenvalue weighted by molar-refractivity contribution is 6.43. The summed E-state index contributed by atoms with van der Waals surface area (Å²) in [6.07, 6.45) is 2.17. The van der Waals surface area contributed by atoms with Gasteiger partial charge >= 0.3 is 0 Å². The summed E-state index contributed by atoms with van der Waals surface area (Å²) in [5.41, 5.74) is 5.61. The predicted molar refractivity (Wildman–Crippen MR) is 124 cm³/mol. The summed E-state index contributed by atoms with van der Waals surface area (Å²) in [4.78, 5) is 7.65. The Morgan fingerprint density at radius 1 is 0.966 bits per heavy atom. The Labute approximate surface area is 181 Å². The van der Waals surface area contributed by atoms with E-state index in [1.165, 1.54) is 27.3 Å². The average molecular weight is 421 g/mol. The largest absolute Gasteiger partial charge is 0.299 e. The topological polar surface area (TPSA) is 16.1 Å². The third-order valence-electron chi connectivity index (χ3n) is 5.90. The molecule has 0 amide bonds. The van der Waals surface area contributed by atoms with Gasteiger partial charge in [0.05, 0.1) is 21.3 Å². The summed E-state index contributed by atoms with van der Waals surface area (Å²) in [5, 5.41) is 4.97. The van der Waals surface area contributed by atoms with Crippen LogP contribution >= 0.6 is 23.2 Å². The van der Waals surface area contributed by atoms with Crippen LogP contribution in [0.1, 0.15) is 24.5 Å². The zero-order chi connectivity index (χ0) is 20.0. The molecule has 0 spiro atoms. The van der Waals surface area contributed by atoms with E-state index in [1.807, 2.05) is 18.2 Å². The van der Waals surface area contributed by atoms with E-state index in [9.17, 15) is 0 Å².